The van der Waals surface area contributed by atoms with Gasteiger partial charge in [-0.15, -0.1) is 0 Å². The van der Waals surface area contributed by atoms with E-state index in [9.17, 15) is 0 Å². The molecule has 2 aromatic rings. The molecule has 0 aliphatic heterocycles. The molecule has 1 aromatic carbocycles. The van der Waals surface area contributed by atoms with Gasteiger partial charge in [-0.1, -0.05) is 25.4 Å². The molecule has 0 aliphatic carbocycles. The van der Waals surface area contributed by atoms with Gasteiger partial charge < -0.3 is 20.5 Å². The molecule has 0 unspecified atom stereocenters. The second kappa shape index (κ2) is 8.87. The van der Waals surface area contributed by atoms with Gasteiger partial charge in [0.2, 0.25) is 5.95 Å². The van der Waals surface area contributed by atoms with Crippen LogP contribution in [0.5, 0.6) is 5.75 Å². The van der Waals surface area contributed by atoms with Crippen LogP contribution in [-0.4, -0.2) is 37.3 Å². The number of aromatic nitrogens is 2. The van der Waals surface area contributed by atoms with E-state index in [1.54, 1.807) is 20.4 Å². The number of hydrogen-bond donors (Lipinski definition) is 2. The first-order valence-electron chi connectivity index (χ1n) is 8.16. The minimum atomic E-state index is 0.332. The molecule has 0 atom stereocenters. The van der Waals surface area contributed by atoms with Crippen molar-refractivity contribution in [3.8, 4) is 5.75 Å². The van der Waals surface area contributed by atoms with E-state index in [1.165, 1.54) is 5.56 Å². The minimum Gasteiger partial charge on any atom is -0.495 e. The number of anilines is 2. The highest BCUT2D eigenvalue weighted by atomic mass is 35.5. The lowest BCUT2D eigenvalue weighted by atomic mass is 9.93. The first-order chi connectivity index (χ1) is 12.0. The highest BCUT2D eigenvalue weighted by molar-refractivity contribution is 6.32. The Hall–Kier alpha value is -2.05. The molecular weight excluding hydrogens is 340 g/mol. The van der Waals surface area contributed by atoms with Crippen molar-refractivity contribution in [1.29, 1.82) is 0 Å². The number of nitrogens with zero attached hydrogens (tertiary/aromatic N) is 2. The van der Waals surface area contributed by atoms with Gasteiger partial charge in [0.05, 0.1) is 18.7 Å². The molecule has 1 heterocycles. The number of nitrogens with two attached hydrogens (primary N) is 1. The lowest BCUT2D eigenvalue weighted by Crippen LogP contribution is -2.12. The summed E-state index contributed by atoms with van der Waals surface area (Å²) in [4.78, 5) is 8.64. The predicted molar refractivity (Wildman–Crippen MR) is 102 cm³/mol. The Bertz CT molecular complexity index is 722. The molecular formula is C18H25ClN4O2. The molecule has 0 fully saturated rings. The van der Waals surface area contributed by atoms with E-state index < -0.39 is 0 Å². The van der Waals surface area contributed by atoms with Gasteiger partial charge in [-0.2, -0.15) is 4.98 Å². The molecule has 6 nitrogen and oxygen atoms in total. The summed E-state index contributed by atoms with van der Waals surface area (Å²) in [5, 5.41) is 3.65. The van der Waals surface area contributed by atoms with Crippen LogP contribution in [0.15, 0.2) is 18.3 Å². The van der Waals surface area contributed by atoms with Gasteiger partial charge in [-0.3, -0.25) is 0 Å². The summed E-state index contributed by atoms with van der Waals surface area (Å²) in [6.45, 7) is 5.47. The summed E-state index contributed by atoms with van der Waals surface area (Å²) >= 11 is 6.30. The Morgan fingerprint density at radius 1 is 1.24 bits per heavy atom. The van der Waals surface area contributed by atoms with Gasteiger partial charge in [0.1, 0.15) is 11.6 Å². The van der Waals surface area contributed by atoms with Crippen LogP contribution in [0, 0.1) is 0 Å². The first kappa shape index (κ1) is 19.3. The number of halogens is 1. The van der Waals surface area contributed by atoms with Gasteiger partial charge in [-0.05, 0) is 29.2 Å². The second-order valence-electron chi connectivity index (χ2n) is 6.04. The zero-order valence-electron chi connectivity index (χ0n) is 15.1. The molecule has 136 valence electrons. The van der Waals surface area contributed by atoms with Crippen LogP contribution in [0.2, 0.25) is 5.02 Å². The SMILES string of the molecule is COCCNc1ncc(Cc2cc(Cl)c(OC)cc2C(C)C)c(N)n1. The number of rotatable bonds is 8. The molecule has 0 saturated heterocycles. The number of nitrogen functional groups attached to an aromatic ring is 1. The Kier molecular flexibility index (Phi) is 6.84. The molecule has 0 radical (unpaired) electrons. The lowest BCUT2D eigenvalue weighted by molar-refractivity contribution is 0.210. The van der Waals surface area contributed by atoms with Crippen LogP contribution in [0.3, 0.4) is 0 Å². The number of nitrogens with one attached hydrogen (secondary N) is 1. The average Bonchev–Trinajstić information content (AvgIpc) is 2.57. The molecule has 3 N–H and O–H groups in total. The number of hydrogen-bond acceptors (Lipinski definition) is 6. The maximum Gasteiger partial charge on any atom is 0.224 e. The fourth-order valence-corrected chi connectivity index (χ4v) is 2.83. The normalized spacial score (nSPS) is 11.0. The smallest absolute Gasteiger partial charge is 0.224 e. The molecule has 0 spiro atoms. The van der Waals surface area contributed by atoms with Crippen LogP contribution in [-0.2, 0) is 11.2 Å². The molecule has 25 heavy (non-hydrogen) atoms. The molecule has 0 amide bonds. The number of ether oxygens (including phenoxy) is 2. The van der Waals surface area contributed by atoms with Crippen molar-refractivity contribution in [2.45, 2.75) is 26.2 Å². The monoisotopic (exact) mass is 364 g/mol. The van der Waals surface area contributed by atoms with Crippen molar-refractivity contribution >= 4 is 23.4 Å². The van der Waals surface area contributed by atoms with Crippen LogP contribution >= 0.6 is 11.6 Å². The molecule has 0 bridgehead atoms. The Labute approximate surface area is 153 Å². The highest BCUT2D eigenvalue weighted by Gasteiger charge is 2.14. The Balaban J connectivity index is 2.25. The largest absolute Gasteiger partial charge is 0.495 e. The molecule has 2 rings (SSSR count). The van der Waals surface area contributed by atoms with E-state index in [0.717, 1.165) is 11.1 Å². The van der Waals surface area contributed by atoms with Gasteiger partial charge >= 0.3 is 0 Å². The van der Waals surface area contributed by atoms with Crippen molar-refractivity contribution in [3.05, 3.63) is 40.0 Å². The van der Waals surface area contributed by atoms with Gasteiger partial charge in [0.15, 0.2) is 0 Å². The zero-order chi connectivity index (χ0) is 18.4. The number of benzene rings is 1. The van der Waals surface area contributed by atoms with Crippen molar-refractivity contribution in [2.24, 2.45) is 0 Å². The first-order valence-corrected chi connectivity index (χ1v) is 8.54. The van der Waals surface area contributed by atoms with E-state index in [0.29, 0.717) is 48.0 Å². The summed E-state index contributed by atoms with van der Waals surface area (Å²) in [5.41, 5.74) is 9.24. The second-order valence-corrected chi connectivity index (χ2v) is 6.45. The van der Waals surface area contributed by atoms with Gasteiger partial charge in [0.25, 0.3) is 0 Å². The fraction of sp³-hybridized carbons (Fsp3) is 0.444. The van der Waals surface area contributed by atoms with Gasteiger partial charge in [0, 0.05) is 31.8 Å². The van der Waals surface area contributed by atoms with Crippen molar-refractivity contribution < 1.29 is 9.47 Å². The summed E-state index contributed by atoms with van der Waals surface area (Å²) in [7, 11) is 3.26. The standard InChI is InChI=1S/C18H25ClN4O2/c1-11(2)14-9-16(25-4)15(19)8-12(14)7-13-10-22-18(23-17(13)20)21-5-6-24-3/h8-11H,5-7H2,1-4H3,(H3,20,21,22,23). The van der Waals surface area contributed by atoms with Crippen molar-refractivity contribution in [3.63, 3.8) is 0 Å². The van der Waals surface area contributed by atoms with E-state index in [1.807, 2.05) is 12.1 Å². The Morgan fingerprint density at radius 3 is 2.60 bits per heavy atom. The fourth-order valence-electron chi connectivity index (χ4n) is 2.57. The number of methoxy groups -OCH3 is 2. The third kappa shape index (κ3) is 4.96. The van der Waals surface area contributed by atoms with E-state index in [-0.39, 0.29) is 0 Å². The van der Waals surface area contributed by atoms with E-state index in [4.69, 9.17) is 26.8 Å². The van der Waals surface area contributed by atoms with Gasteiger partial charge in [-0.25, -0.2) is 4.98 Å². The van der Waals surface area contributed by atoms with Crippen LogP contribution < -0.4 is 15.8 Å². The molecule has 0 saturated carbocycles. The lowest BCUT2D eigenvalue weighted by Gasteiger charge is -2.16. The summed E-state index contributed by atoms with van der Waals surface area (Å²) in [6, 6.07) is 3.92. The Morgan fingerprint density at radius 2 is 2.00 bits per heavy atom. The van der Waals surface area contributed by atoms with E-state index in [2.05, 4.69) is 29.1 Å². The molecule has 1 aromatic heterocycles. The zero-order valence-corrected chi connectivity index (χ0v) is 15.9. The average molecular weight is 365 g/mol. The summed E-state index contributed by atoms with van der Waals surface area (Å²) in [6.07, 6.45) is 2.36. The molecule has 0 aliphatic rings. The third-order valence-electron chi connectivity index (χ3n) is 3.90. The highest BCUT2D eigenvalue weighted by Crippen LogP contribution is 2.33. The maximum atomic E-state index is 6.30. The quantitative estimate of drug-likeness (QED) is 0.698. The minimum absolute atomic E-state index is 0.332. The predicted octanol–water partition coefficient (Wildman–Crippen LogP) is 3.49. The third-order valence-corrected chi connectivity index (χ3v) is 4.20. The maximum absolute atomic E-state index is 6.30. The molecule has 7 heteroatoms. The summed E-state index contributed by atoms with van der Waals surface area (Å²) < 4.78 is 10.3. The van der Waals surface area contributed by atoms with Crippen molar-refractivity contribution in [1.82, 2.24) is 9.97 Å². The van der Waals surface area contributed by atoms with Crippen LogP contribution in [0.25, 0.3) is 0 Å². The van der Waals surface area contributed by atoms with Crippen molar-refractivity contribution in [2.75, 3.05) is 38.4 Å². The summed E-state index contributed by atoms with van der Waals surface area (Å²) in [5.74, 6) is 1.96. The van der Waals surface area contributed by atoms with E-state index >= 15 is 0 Å². The van der Waals surface area contributed by atoms with Crippen LogP contribution in [0.1, 0.15) is 36.5 Å². The topological polar surface area (TPSA) is 82.3 Å². The van der Waals surface area contributed by atoms with Crippen LogP contribution in [0.4, 0.5) is 11.8 Å².